The summed E-state index contributed by atoms with van der Waals surface area (Å²) in [7, 11) is -0.0351. The summed E-state index contributed by atoms with van der Waals surface area (Å²) in [5.74, 6) is 0.898. The van der Waals surface area contributed by atoms with Crippen molar-refractivity contribution < 1.29 is 4.74 Å². The van der Waals surface area contributed by atoms with E-state index in [0.717, 1.165) is 5.75 Å². The second kappa shape index (κ2) is 5.37. The van der Waals surface area contributed by atoms with Crippen molar-refractivity contribution >= 4 is 13.9 Å². The van der Waals surface area contributed by atoms with Gasteiger partial charge in [-0.3, -0.25) is 0 Å². The van der Waals surface area contributed by atoms with Crippen LogP contribution in [0.4, 0.5) is 5.69 Å². The zero-order valence-corrected chi connectivity index (χ0v) is 15.3. The molecule has 0 amide bonds. The first-order valence-corrected chi connectivity index (χ1v) is 10.5. The second-order valence-electron chi connectivity index (χ2n) is 6.76. The largest absolute Gasteiger partial charge is 0.497 e. The molecule has 1 aliphatic rings. The predicted molar refractivity (Wildman–Crippen MR) is 94.6 cm³/mol. The van der Waals surface area contributed by atoms with Gasteiger partial charge in [0.1, 0.15) is 5.75 Å². The highest BCUT2D eigenvalue weighted by molar-refractivity contribution is 6.84. The van der Waals surface area contributed by atoms with Crippen LogP contribution in [0.25, 0.3) is 0 Å². The fourth-order valence-corrected chi connectivity index (χ4v) is 6.00. The molecular weight excluding hydrogens is 274 g/mol. The summed E-state index contributed by atoms with van der Waals surface area (Å²) in [5.41, 5.74) is 5.57. The van der Waals surface area contributed by atoms with E-state index in [2.05, 4.69) is 64.0 Å². The molecule has 0 heterocycles. The number of nitrogens with one attached hydrogen (secondary N) is 1. The number of ether oxygens (including phenoxy) is 1. The smallest absolute Gasteiger partial charge is 0.161 e. The second-order valence-corrected chi connectivity index (χ2v) is 11.3. The third-order valence-electron chi connectivity index (χ3n) is 5.28. The van der Waals surface area contributed by atoms with Crippen molar-refractivity contribution in [2.45, 2.75) is 45.8 Å². The van der Waals surface area contributed by atoms with E-state index in [9.17, 15) is 0 Å². The first-order valence-electron chi connectivity index (χ1n) is 7.51. The molecule has 1 atom stereocenters. The van der Waals surface area contributed by atoms with Gasteiger partial charge in [-0.15, -0.1) is 0 Å². The maximum absolute atomic E-state index is 5.23. The fourth-order valence-electron chi connectivity index (χ4n) is 3.15. The highest BCUT2D eigenvalue weighted by Crippen LogP contribution is 2.53. The number of hydrogen-bond acceptors (Lipinski definition) is 2. The molecule has 1 unspecified atom stereocenters. The summed E-state index contributed by atoms with van der Waals surface area (Å²) in [4.78, 5) is 3.83. The average Bonchev–Trinajstić information content (AvgIpc) is 2.64. The minimum Gasteiger partial charge on any atom is -0.497 e. The van der Waals surface area contributed by atoms with E-state index in [4.69, 9.17) is 4.74 Å². The van der Waals surface area contributed by atoms with Gasteiger partial charge in [-0.25, -0.2) is 0 Å². The Bertz CT molecular complexity index is 598. The molecule has 0 aliphatic heterocycles. The number of allylic oxidation sites excluding steroid dienone is 4. The first-order chi connectivity index (χ1) is 9.71. The van der Waals surface area contributed by atoms with Crippen LogP contribution in [0.1, 0.15) is 27.7 Å². The molecule has 0 saturated heterocycles. The van der Waals surface area contributed by atoms with Crippen molar-refractivity contribution in [3.8, 4) is 5.75 Å². The van der Waals surface area contributed by atoms with Gasteiger partial charge in [0, 0.05) is 10.7 Å². The third-order valence-corrected chi connectivity index (χ3v) is 9.31. The van der Waals surface area contributed by atoms with Crippen LogP contribution >= 0.6 is 0 Å². The minimum absolute atomic E-state index is 0.154. The van der Waals surface area contributed by atoms with Crippen molar-refractivity contribution in [2.24, 2.45) is 0 Å². The van der Waals surface area contributed by atoms with Crippen LogP contribution in [0.5, 0.6) is 5.75 Å². The number of methoxy groups -OCH3 is 1. The lowest BCUT2D eigenvalue weighted by atomic mass is 10.0. The van der Waals surface area contributed by atoms with Gasteiger partial charge in [-0.1, -0.05) is 37.2 Å². The standard InChI is InChI=1S/C18H27NOSi/c1-13-12-18(4,15(3)14(13)2)21(6,7)19-16-8-10-17(20-5)11-9-16/h8-12,19H,1-7H3. The van der Waals surface area contributed by atoms with Crippen molar-refractivity contribution in [1.29, 1.82) is 0 Å². The molecule has 0 spiro atoms. The monoisotopic (exact) mass is 301 g/mol. The third kappa shape index (κ3) is 2.67. The Morgan fingerprint density at radius 2 is 1.62 bits per heavy atom. The van der Waals surface area contributed by atoms with Crippen molar-refractivity contribution in [3.05, 3.63) is 47.1 Å². The number of anilines is 1. The summed E-state index contributed by atoms with van der Waals surface area (Å²) in [6.07, 6.45) is 2.46. The Kier molecular flexibility index (Phi) is 4.07. The summed E-state index contributed by atoms with van der Waals surface area (Å²) in [5, 5.41) is 0.154. The molecule has 0 saturated carbocycles. The maximum atomic E-state index is 5.23. The number of rotatable bonds is 4. The summed E-state index contributed by atoms with van der Waals surface area (Å²) < 4.78 is 5.23. The molecule has 0 radical (unpaired) electrons. The molecule has 2 nitrogen and oxygen atoms in total. The fraction of sp³-hybridized carbons (Fsp3) is 0.444. The Labute approximate surface area is 130 Å². The van der Waals surface area contributed by atoms with Crippen molar-refractivity contribution in [3.63, 3.8) is 0 Å². The van der Waals surface area contributed by atoms with Gasteiger partial charge in [-0.2, -0.15) is 0 Å². The van der Waals surface area contributed by atoms with Gasteiger partial charge in [0.25, 0.3) is 0 Å². The van der Waals surface area contributed by atoms with Gasteiger partial charge < -0.3 is 9.72 Å². The Balaban J connectivity index is 2.30. The van der Waals surface area contributed by atoms with Gasteiger partial charge in [0.05, 0.1) is 7.11 Å². The SMILES string of the molecule is COc1ccc(N[Si](C)(C)C2(C)C=C(C)C(C)=C2C)cc1. The molecule has 1 aromatic rings. The topological polar surface area (TPSA) is 21.3 Å². The maximum Gasteiger partial charge on any atom is 0.161 e. The van der Waals surface area contributed by atoms with E-state index < -0.39 is 8.24 Å². The quantitative estimate of drug-likeness (QED) is 0.755. The van der Waals surface area contributed by atoms with Gasteiger partial charge in [0.2, 0.25) is 0 Å². The average molecular weight is 302 g/mol. The summed E-state index contributed by atoms with van der Waals surface area (Å²) in [6, 6.07) is 8.24. The lowest BCUT2D eigenvalue weighted by Gasteiger charge is -2.41. The van der Waals surface area contributed by atoms with E-state index in [-0.39, 0.29) is 5.04 Å². The molecule has 2 rings (SSSR count). The minimum atomic E-state index is -1.73. The molecule has 1 aliphatic carbocycles. The van der Waals surface area contributed by atoms with Crippen LogP contribution in [-0.4, -0.2) is 15.3 Å². The van der Waals surface area contributed by atoms with E-state index in [1.807, 2.05) is 12.1 Å². The summed E-state index contributed by atoms with van der Waals surface area (Å²) in [6.45, 7) is 13.9. The molecule has 0 bridgehead atoms. The number of benzene rings is 1. The zero-order chi connectivity index (χ0) is 15.8. The van der Waals surface area contributed by atoms with Gasteiger partial charge in [-0.05, 0) is 50.6 Å². The van der Waals surface area contributed by atoms with Crippen molar-refractivity contribution in [1.82, 2.24) is 0 Å². The lowest BCUT2D eigenvalue weighted by molar-refractivity contribution is 0.415. The van der Waals surface area contributed by atoms with Crippen LogP contribution in [0.3, 0.4) is 0 Å². The Morgan fingerprint density at radius 1 is 1.05 bits per heavy atom. The molecule has 3 heteroatoms. The zero-order valence-electron chi connectivity index (χ0n) is 14.3. The van der Waals surface area contributed by atoms with Gasteiger partial charge in [0.15, 0.2) is 8.24 Å². The Hall–Kier alpha value is -1.48. The Morgan fingerprint density at radius 3 is 2.05 bits per heavy atom. The highest BCUT2D eigenvalue weighted by Gasteiger charge is 2.46. The lowest BCUT2D eigenvalue weighted by Crippen LogP contribution is -2.47. The highest BCUT2D eigenvalue weighted by atomic mass is 28.3. The number of hydrogen-bond donors (Lipinski definition) is 1. The van der Waals surface area contributed by atoms with E-state index >= 15 is 0 Å². The van der Waals surface area contributed by atoms with Crippen LogP contribution in [-0.2, 0) is 0 Å². The molecule has 1 N–H and O–H groups in total. The van der Waals surface area contributed by atoms with Gasteiger partial charge >= 0.3 is 0 Å². The van der Waals surface area contributed by atoms with Crippen LogP contribution in [0.2, 0.25) is 18.1 Å². The normalized spacial score (nSPS) is 22.3. The molecule has 114 valence electrons. The van der Waals surface area contributed by atoms with Crippen molar-refractivity contribution in [2.75, 3.05) is 12.1 Å². The first kappa shape index (κ1) is 15.9. The molecule has 21 heavy (non-hydrogen) atoms. The van der Waals surface area contributed by atoms with E-state index in [0.29, 0.717) is 0 Å². The predicted octanol–water partition coefficient (Wildman–Crippen LogP) is 5.37. The van der Waals surface area contributed by atoms with E-state index in [1.54, 1.807) is 7.11 Å². The summed E-state index contributed by atoms with van der Waals surface area (Å²) >= 11 is 0. The molecular formula is C18H27NOSi. The molecule has 0 aromatic heterocycles. The van der Waals surface area contributed by atoms with E-state index in [1.165, 1.54) is 22.4 Å². The molecule has 0 fully saturated rings. The van der Waals surface area contributed by atoms with Crippen LogP contribution in [0.15, 0.2) is 47.1 Å². The van der Waals surface area contributed by atoms with Crippen LogP contribution in [0, 0.1) is 0 Å². The van der Waals surface area contributed by atoms with Crippen LogP contribution < -0.4 is 9.72 Å². The molecule has 1 aromatic carbocycles.